The number of anilines is 2. The molecule has 6 nitrogen and oxygen atoms in total. The van der Waals surface area contributed by atoms with Crippen LogP contribution >= 0.6 is 11.3 Å². The molecule has 2 rings (SSSR count). The smallest absolute Gasteiger partial charge is 0.325 e. The van der Waals surface area contributed by atoms with Crippen molar-refractivity contribution in [3.05, 3.63) is 40.9 Å². The third-order valence-corrected chi connectivity index (χ3v) is 4.03. The molecule has 3 N–H and O–H groups in total. The van der Waals surface area contributed by atoms with Gasteiger partial charge < -0.3 is 10.6 Å². The Kier molecular flexibility index (Phi) is 6.31. The van der Waals surface area contributed by atoms with Gasteiger partial charge in [-0.25, -0.2) is 9.78 Å². The predicted octanol–water partition coefficient (Wildman–Crippen LogP) is 3.87. The third kappa shape index (κ3) is 5.66. The zero-order valence-corrected chi connectivity index (χ0v) is 14.9. The summed E-state index contributed by atoms with van der Waals surface area (Å²) in [6, 6.07) is 7.09. The summed E-state index contributed by atoms with van der Waals surface area (Å²) in [6.07, 6.45) is 0.917. The van der Waals surface area contributed by atoms with Crippen LogP contribution in [0.25, 0.3) is 0 Å². The highest BCUT2D eigenvalue weighted by Crippen LogP contribution is 2.16. The van der Waals surface area contributed by atoms with Gasteiger partial charge in [0.05, 0.1) is 0 Å². The maximum atomic E-state index is 12.0. The summed E-state index contributed by atoms with van der Waals surface area (Å²) in [5.74, 6) is 0.308. The number of benzene rings is 1. The Morgan fingerprint density at radius 3 is 2.54 bits per heavy atom. The van der Waals surface area contributed by atoms with Crippen molar-refractivity contribution < 1.29 is 9.59 Å². The van der Waals surface area contributed by atoms with Crippen molar-refractivity contribution in [3.8, 4) is 0 Å². The Bertz CT molecular complexity index is 695. The molecule has 0 fully saturated rings. The van der Waals surface area contributed by atoms with Crippen LogP contribution in [0.4, 0.5) is 15.6 Å². The van der Waals surface area contributed by atoms with Crippen molar-refractivity contribution in [1.82, 2.24) is 10.3 Å². The monoisotopic (exact) mass is 346 g/mol. The van der Waals surface area contributed by atoms with Crippen LogP contribution < -0.4 is 16.0 Å². The molecule has 0 bridgehead atoms. The Hall–Kier alpha value is -2.41. The van der Waals surface area contributed by atoms with E-state index in [-0.39, 0.29) is 11.9 Å². The second-order valence-corrected chi connectivity index (χ2v) is 6.78. The number of thiazole rings is 1. The summed E-state index contributed by atoms with van der Waals surface area (Å²) in [5.41, 5.74) is 2.13. The van der Waals surface area contributed by atoms with Crippen molar-refractivity contribution in [2.24, 2.45) is 5.92 Å². The molecule has 0 aliphatic heterocycles. The van der Waals surface area contributed by atoms with E-state index in [9.17, 15) is 9.59 Å². The molecule has 0 radical (unpaired) electrons. The van der Waals surface area contributed by atoms with Crippen molar-refractivity contribution in [2.75, 3.05) is 17.2 Å². The van der Waals surface area contributed by atoms with Crippen molar-refractivity contribution >= 4 is 34.1 Å². The lowest BCUT2D eigenvalue weighted by Crippen LogP contribution is -2.25. The molecule has 0 spiro atoms. The number of carbonyl (C=O) groups is 2. The lowest BCUT2D eigenvalue weighted by atomic mass is 10.1. The normalized spacial score (nSPS) is 10.5. The fraction of sp³-hybridized carbons (Fsp3) is 0.353. The van der Waals surface area contributed by atoms with E-state index < -0.39 is 0 Å². The summed E-state index contributed by atoms with van der Waals surface area (Å²) in [4.78, 5) is 28.0. The molecule has 0 aliphatic rings. The standard InChI is InChI=1S/C17H22N4O2S/c1-11(2)8-9-18-15(22)14-10-24-17(20-14)21-16(23)19-13-6-4-12(3)5-7-13/h4-7,10-11H,8-9H2,1-3H3,(H,18,22)(H2,19,20,21,23). The lowest BCUT2D eigenvalue weighted by molar-refractivity contribution is 0.0947. The molecule has 0 unspecified atom stereocenters. The predicted molar refractivity (Wildman–Crippen MR) is 97.7 cm³/mol. The van der Waals surface area contributed by atoms with Gasteiger partial charge in [0, 0.05) is 17.6 Å². The molecule has 0 saturated carbocycles. The molecule has 1 aromatic heterocycles. The number of amides is 3. The van der Waals surface area contributed by atoms with Gasteiger partial charge in [-0.05, 0) is 31.4 Å². The van der Waals surface area contributed by atoms with Crippen LogP contribution in [-0.4, -0.2) is 23.5 Å². The number of nitrogens with zero attached hydrogens (tertiary/aromatic N) is 1. The van der Waals surface area contributed by atoms with E-state index in [1.807, 2.05) is 31.2 Å². The van der Waals surface area contributed by atoms with Gasteiger partial charge in [-0.15, -0.1) is 11.3 Å². The average molecular weight is 346 g/mol. The molecule has 0 saturated heterocycles. The lowest BCUT2D eigenvalue weighted by Gasteiger charge is -2.06. The van der Waals surface area contributed by atoms with E-state index >= 15 is 0 Å². The van der Waals surface area contributed by atoms with Gasteiger partial charge in [-0.1, -0.05) is 31.5 Å². The van der Waals surface area contributed by atoms with Crippen LogP contribution in [0.15, 0.2) is 29.6 Å². The van der Waals surface area contributed by atoms with Gasteiger partial charge >= 0.3 is 6.03 Å². The van der Waals surface area contributed by atoms with Gasteiger partial charge in [-0.2, -0.15) is 0 Å². The van der Waals surface area contributed by atoms with Gasteiger partial charge in [0.25, 0.3) is 5.91 Å². The molecule has 2 aromatic rings. The van der Waals surface area contributed by atoms with Crippen LogP contribution in [0.1, 0.15) is 36.3 Å². The Labute approximate surface area is 145 Å². The third-order valence-electron chi connectivity index (χ3n) is 3.27. The van der Waals surface area contributed by atoms with Crippen molar-refractivity contribution in [1.29, 1.82) is 0 Å². The van der Waals surface area contributed by atoms with Crippen LogP contribution in [0.3, 0.4) is 0 Å². The van der Waals surface area contributed by atoms with Gasteiger partial charge in [0.15, 0.2) is 5.13 Å². The topological polar surface area (TPSA) is 83.1 Å². The maximum absolute atomic E-state index is 12.0. The van der Waals surface area contributed by atoms with E-state index in [1.165, 1.54) is 11.3 Å². The number of urea groups is 1. The number of nitrogens with one attached hydrogen (secondary N) is 3. The first-order chi connectivity index (χ1) is 11.4. The minimum atomic E-state index is -0.389. The number of aromatic nitrogens is 1. The molecular formula is C17H22N4O2S. The second-order valence-electron chi connectivity index (χ2n) is 5.92. The number of aryl methyl sites for hydroxylation is 1. The van der Waals surface area contributed by atoms with E-state index in [0.29, 0.717) is 29.0 Å². The number of hydrogen-bond acceptors (Lipinski definition) is 4. The summed E-state index contributed by atoms with van der Waals surface area (Å²) in [7, 11) is 0. The number of hydrogen-bond donors (Lipinski definition) is 3. The van der Waals surface area contributed by atoms with Crippen LogP contribution in [0, 0.1) is 12.8 Å². The molecule has 3 amide bonds. The summed E-state index contributed by atoms with van der Waals surface area (Å²) in [5, 5.41) is 10.2. The van der Waals surface area contributed by atoms with E-state index in [1.54, 1.807) is 5.38 Å². The van der Waals surface area contributed by atoms with Gasteiger partial charge in [0.2, 0.25) is 0 Å². The van der Waals surface area contributed by atoms with Crippen molar-refractivity contribution in [3.63, 3.8) is 0 Å². The largest absolute Gasteiger partial charge is 0.351 e. The van der Waals surface area contributed by atoms with Gasteiger partial charge in [-0.3, -0.25) is 10.1 Å². The number of carbonyl (C=O) groups excluding carboxylic acids is 2. The molecule has 1 heterocycles. The first-order valence-electron chi connectivity index (χ1n) is 7.82. The Morgan fingerprint density at radius 2 is 1.88 bits per heavy atom. The van der Waals surface area contributed by atoms with Crippen LogP contribution in [-0.2, 0) is 0 Å². The Morgan fingerprint density at radius 1 is 1.17 bits per heavy atom. The van der Waals surface area contributed by atoms with E-state index in [0.717, 1.165) is 12.0 Å². The molecule has 0 atom stereocenters. The molecule has 1 aromatic carbocycles. The minimum absolute atomic E-state index is 0.223. The quantitative estimate of drug-likeness (QED) is 0.742. The van der Waals surface area contributed by atoms with E-state index in [4.69, 9.17) is 0 Å². The molecular weight excluding hydrogens is 324 g/mol. The molecule has 0 aliphatic carbocycles. The zero-order chi connectivity index (χ0) is 17.5. The fourth-order valence-corrected chi connectivity index (χ4v) is 2.58. The highest BCUT2D eigenvalue weighted by Gasteiger charge is 2.12. The highest BCUT2D eigenvalue weighted by molar-refractivity contribution is 7.14. The fourth-order valence-electron chi connectivity index (χ4n) is 1.90. The SMILES string of the molecule is Cc1ccc(NC(=O)Nc2nc(C(=O)NCCC(C)C)cs2)cc1. The molecule has 24 heavy (non-hydrogen) atoms. The summed E-state index contributed by atoms with van der Waals surface area (Å²) < 4.78 is 0. The minimum Gasteiger partial charge on any atom is -0.351 e. The van der Waals surface area contributed by atoms with Crippen LogP contribution in [0.5, 0.6) is 0 Å². The van der Waals surface area contributed by atoms with E-state index in [2.05, 4.69) is 34.8 Å². The first kappa shape index (κ1) is 17.9. The molecule has 128 valence electrons. The summed E-state index contributed by atoms with van der Waals surface area (Å²) >= 11 is 1.22. The average Bonchev–Trinajstić information content (AvgIpc) is 2.97. The van der Waals surface area contributed by atoms with Crippen LogP contribution in [0.2, 0.25) is 0 Å². The maximum Gasteiger partial charge on any atom is 0.325 e. The first-order valence-corrected chi connectivity index (χ1v) is 8.70. The number of rotatable bonds is 6. The summed E-state index contributed by atoms with van der Waals surface area (Å²) in [6.45, 7) is 6.80. The van der Waals surface area contributed by atoms with Gasteiger partial charge in [0.1, 0.15) is 5.69 Å². The Balaban J connectivity index is 1.85. The molecule has 7 heteroatoms. The highest BCUT2D eigenvalue weighted by atomic mass is 32.1. The van der Waals surface area contributed by atoms with Crippen molar-refractivity contribution in [2.45, 2.75) is 27.2 Å². The zero-order valence-electron chi connectivity index (χ0n) is 14.1. The second kappa shape index (κ2) is 8.44.